The van der Waals surface area contributed by atoms with Crippen LogP contribution < -0.4 is 4.90 Å². The molecule has 1 aromatic carbocycles. The Labute approximate surface area is 103 Å². The van der Waals surface area contributed by atoms with E-state index in [0.717, 1.165) is 37.3 Å². The van der Waals surface area contributed by atoms with Gasteiger partial charge in [0, 0.05) is 33.0 Å². The number of benzene rings is 1. The summed E-state index contributed by atoms with van der Waals surface area (Å²) in [4.78, 5) is 2.06. The highest BCUT2D eigenvalue weighted by atomic mass is 16.5. The Morgan fingerprint density at radius 1 is 1.29 bits per heavy atom. The summed E-state index contributed by atoms with van der Waals surface area (Å²) < 4.78 is 5.33. The molecule has 1 N–H and O–H groups in total. The number of hydrogen-bond donors (Lipinski definition) is 1. The molecule has 2 rings (SSSR count). The van der Waals surface area contributed by atoms with Crippen molar-refractivity contribution in [2.75, 3.05) is 32.2 Å². The number of rotatable bonds is 3. The van der Waals surface area contributed by atoms with Crippen LogP contribution in [0.15, 0.2) is 24.3 Å². The van der Waals surface area contributed by atoms with E-state index < -0.39 is 0 Å². The van der Waals surface area contributed by atoms with E-state index >= 15 is 0 Å². The minimum Gasteiger partial charge on any atom is -0.388 e. The fourth-order valence-corrected chi connectivity index (χ4v) is 2.29. The molecule has 17 heavy (non-hydrogen) atoms. The van der Waals surface area contributed by atoms with Gasteiger partial charge in [-0.15, -0.1) is 0 Å². The van der Waals surface area contributed by atoms with Crippen LogP contribution >= 0.6 is 0 Å². The molecule has 0 saturated carbocycles. The van der Waals surface area contributed by atoms with Gasteiger partial charge < -0.3 is 14.7 Å². The van der Waals surface area contributed by atoms with Crippen LogP contribution in [0.2, 0.25) is 0 Å². The zero-order valence-corrected chi connectivity index (χ0v) is 10.6. The molecular weight excluding hydrogens is 214 g/mol. The largest absolute Gasteiger partial charge is 0.388 e. The van der Waals surface area contributed by atoms with Crippen LogP contribution in [0.5, 0.6) is 0 Å². The van der Waals surface area contributed by atoms with Crippen molar-refractivity contribution in [2.24, 2.45) is 5.92 Å². The van der Waals surface area contributed by atoms with Gasteiger partial charge >= 0.3 is 0 Å². The lowest BCUT2D eigenvalue weighted by Gasteiger charge is -2.27. The first kappa shape index (κ1) is 12.4. The molecule has 0 amide bonds. The number of anilines is 1. The normalized spacial score (nSPS) is 19.0. The average molecular weight is 235 g/mol. The molecule has 0 aromatic heterocycles. The summed E-state index contributed by atoms with van der Waals surface area (Å²) in [6, 6.07) is 8.14. The fraction of sp³-hybridized carbons (Fsp3) is 0.571. The first-order valence-electron chi connectivity index (χ1n) is 6.21. The van der Waals surface area contributed by atoms with Gasteiger partial charge in [-0.2, -0.15) is 0 Å². The summed E-state index contributed by atoms with van der Waals surface area (Å²) in [5.74, 6) is 0.334. The predicted octanol–water partition coefficient (Wildman–Crippen LogP) is 2.21. The first-order valence-corrected chi connectivity index (χ1v) is 6.21. The maximum absolute atomic E-state index is 10.4. The molecule has 1 aliphatic rings. The Hall–Kier alpha value is -1.06. The highest BCUT2D eigenvalue weighted by Gasteiger charge is 2.23. The zero-order valence-electron chi connectivity index (χ0n) is 10.6. The lowest BCUT2D eigenvalue weighted by molar-refractivity contribution is 0.00720. The Balaban J connectivity index is 2.12. The Morgan fingerprint density at radius 2 is 2.00 bits per heavy atom. The zero-order chi connectivity index (χ0) is 12.3. The van der Waals surface area contributed by atoms with Crippen molar-refractivity contribution in [1.82, 2.24) is 0 Å². The van der Waals surface area contributed by atoms with Crippen LogP contribution in [0, 0.1) is 5.92 Å². The van der Waals surface area contributed by atoms with E-state index in [4.69, 9.17) is 4.74 Å². The van der Waals surface area contributed by atoms with Crippen molar-refractivity contribution in [1.29, 1.82) is 0 Å². The molecule has 0 aliphatic carbocycles. The van der Waals surface area contributed by atoms with Gasteiger partial charge in [0.1, 0.15) is 0 Å². The van der Waals surface area contributed by atoms with Crippen molar-refractivity contribution in [3.63, 3.8) is 0 Å². The third-order valence-electron chi connectivity index (χ3n) is 3.44. The monoisotopic (exact) mass is 235 g/mol. The van der Waals surface area contributed by atoms with E-state index in [9.17, 15) is 5.11 Å². The van der Waals surface area contributed by atoms with E-state index in [0.29, 0.717) is 5.92 Å². The highest BCUT2D eigenvalue weighted by Crippen LogP contribution is 2.31. The van der Waals surface area contributed by atoms with Gasteiger partial charge in [0.05, 0.1) is 6.10 Å². The minimum atomic E-state index is -0.362. The van der Waals surface area contributed by atoms with Gasteiger partial charge in [0.25, 0.3) is 0 Å². The quantitative estimate of drug-likeness (QED) is 0.872. The molecule has 1 aliphatic heterocycles. The number of hydrogen-bond acceptors (Lipinski definition) is 3. The predicted molar refractivity (Wildman–Crippen MR) is 69.3 cm³/mol. The summed E-state index contributed by atoms with van der Waals surface area (Å²) in [5, 5.41) is 10.4. The second kappa shape index (κ2) is 5.52. The van der Waals surface area contributed by atoms with Crippen LogP contribution in [0.1, 0.15) is 24.5 Å². The number of aliphatic hydroxyl groups excluding tert-OH is 1. The van der Waals surface area contributed by atoms with Gasteiger partial charge in [-0.25, -0.2) is 0 Å². The lowest BCUT2D eigenvalue weighted by Crippen LogP contribution is -2.22. The number of ether oxygens (including phenoxy) is 1. The summed E-state index contributed by atoms with van der Waals surface area (Å²) in [7, 11) is 4.03. The second-order valence-corrected chi connectivity index (χ2v) is 4.88. The molecule has 0 radical (unpaired) electrons. The standard InChI is InChI=1S/C14H21NO2/c1-15(2)13-5-3-4-12(10-13)14(16)11-6-8-17-9-7-11/h3-5,10-11,14,16H,6-9H2,1-2H3. The van der Waals surface area contributed by atoms with Crippen LogP contribution in [0.3, 0.4) is 0 Å². The van der Waals surface area contributed by atoms with E-state index in [1.807, 2.05) is 26.2 Å². The third kappa shape index (κ3) is 2.99. The van der Waals surface area contributed by atoms with Crippen LogP contribution in [-0.4, -0.2) is 32.4 Å². The summed E-state index contributed by atoms with van der Waals surface area (Å²) in [5.41, 5.74) is 2.15. The average Bonchev–Trinajstić information content (AvgIpc) is 2.39. The molecule has 0 spiro atoms. The van der Waals surface area contributed by atoms with E-state index in [1.165, 1.54) is 0 Å². The highest BCUT2D eigenvalue weighted by molar-refractivity contribution is 5.47. The van der Waals surface area contributed by atoms with Crippen molar-refractivity contribution < 1.29 is 9.84 Å². The minimum absolute atomic E-state index is 0.334. The Kier molecular flexibility index (Phi) is 4.02. The molecular formula is C14H21NO2. The molecule has 94 valence electrons. The fourth-order valence-electron chi connectivity index (χ4n) is 2.29. The molecule has 1 fully saturated rings. The maximum atomic E-state index is 10.4. The van der Waals surface area contributed by atoms with E-state index in [-0.39, 0.29) is 6.10 Å². The van der Waals surface area contributed by atoms with Crippen LogP contribution in [0.4, 0.5) is 5.69 Å². The van der Waals surface area contributed by atoms with Gasteiger partial charge in [0.15, 0.2) is 0 Å². The van der Waals surface area contributed by atoms with E-state index in [1.54, 1.807) is 0 Å². The summed E-state index contributed by atoms with van der Waals surface area (Å²) in [6.07, 6.45) is 1.54. The molecule has 3 heteroatoms. The molecule has 1 heterocycles. The van der Waals surface area contributed by atoms with Crippen molar-refractivity contribution in [2.45, 2.75) is 18.9 Å². The van der Waals surface area contributed by atoms with Crippen molar-refractivity contribution in [3.05, 3.63) is 29.8 Å². The molecule has 1 saturated heterocycles. The third-order valence-corrected chi connectivity index (χ3v) is 3.44. The molecule has 1 aromatic rings. The van der Waals surface area contributed by atoms with Crippen molar-refractivity contribution in [3.8, 4) is 0 Å². The summed E-state index contributed by atoms with van der Waals surface area (Å²) >= 11 is 0. The number of nitrogens with zero attached hydrogens (tertiary/aromatic N) is 1. The van der Waals surface area contributed by atoms with Crippen molar-refractivity contribution >= 4 is 5.69 Å². The van der Waals surface area contributed by atoms with Gasteiger partial charge in [-0.05, 0) is 36.5 Å². The van der Waals surface area contributed by atoms with Gasteiger partial charge in [-0.1, -0.05) is 12.1 Å². The Morgan fingerprint density at radius 3 is 2.65 bits per heavy atom. The molecule has 1 unspecified atom stereocenters. The van der Waals surface area contributed by atoms with Gasteiger partial charge in [-0.3, -0.25) is 0 Å². The molecule has 1 atom stereocenters. The topological polar surface area (TPSA) is 32.7 Å². The molecule has 0 bridgehead atoms. The smallest absolute Gasteiger partial charge is 0.0820 e. The Bertz CT molecular complexity index is 359. The maximum Gasteiger partial charge on any atom is 0.0820 e. The lowest BCUT2D eigenvalue weighted by atomic mass is 9.89. The SMILES string of the molecule is CN(C)c1cccc(C(O)C2CCOCC2)c1. The van der Waals surface area contributed by atoms with Crippen LogP contribution in [0.25, 0.3) is 0 Å². The summed E-state index contributed by atoms with van der Waals surface area (Å²) in [6.45, 7) is 1.55. The second-order valence-electron chi connectivity index (χ2n) is 4.88. The first-order chi connectivity index (χ1) is 8.18. The van der Waals surface area contributed by atoms with Gasteiger partial charge in [0.2, 0.25) is 0 Å². The molecule has 3 nitrogen and oxygen atoms in total. The number of aliphatic hydroxyl groups is 1. The van der Waals surface area contributed by atoms with Crippen LogP contribution in [-0.2, 0) is 4.74 Å². The van der Waals surface area contributed by atoms with E-state index in [2.05, 4.69) is 17.0 Å².